The Hall–Kier alpha value is -1.65. The molecule has 0 bridgehead atoms. The average molecular weight is 236 g/mol. The first-order valence-electron chi connectivity index (χ1n) is 5.92. The molecular weight excluding hydrogens is 216 g/mol. The molecule has 0 saturated heterocycles. The Morgan fingerprint density at radius 1 is 1.59 bits per heavy atom. The minimum atomic E-state index is -0.144. The van der Waals surface area contributed by atoms with Crippen molar-refractivity contribution in [1.82, 2.24) is 20.1 Å². The molecule has 1 aromatic heterocycles. The van der Waals surface area contributed by atoms with Gasteiger partial charge in [0.05, 0.1) is 0 Å². The Morgan fingerprint density at radius 2 is 2.29 bits per heavy atom. The highest BCUT2D eigenvalue weighted by molar-refractivity contribution is 5.90. The molecule has 0 aliphatic heterocycles. The largest absolute Gasteiger partial charge is 0.332 e. The Labute approximate surface area is 102 Å². The molecule has 0 aliphatic rings. The minimum absolute atomic E-state index is 0.144. The summed E-state index contributed by atoms with van der Waals surface area (Å²) < 4.78 is 0. The fourth-order valence-corrected chi connectivity index (χ4v) is 1.47. The van der Waals surface area contributed by atoms with E-state index in [1.807, 2.05) is 20.8 Å². The molecule has 0 aromatic carbocycles. The molecule has 0 spiro atoms. The van der Waals surface area contributed by atoms with E-state index in [-0.39, 0.29) is 17.6 Å². The van der Waals surface area contributed by atoms with Gasteiger partial charge in [0.2, 0.25) is 5.82 Å². The second-order valence-corrected chi connectivity index (χ2v) is 4.24. The van der Waals surface area contributed by atoms with Gasteiger partial charge in [0.25, 0.3) is 5.91 Å². The van der Waals surface area contributed by atoms with Crippen LogP contribution in [0.3, 0.4) is 0 Å². The number of nitrogens with one attached hydrogen (secondary N) is 1. The summed E-state index contributed by atoms with van der Waals surface area (Å²) in [6.07, 6.45) is 2.62. The summed E-state index contributed by atoms with van der Waals surface area (Å²) in [5.41, 5.74) is 0. The van der Waals surface area contributed by atoms with Crippen LogP contribution in [0.1, 0.15) is 49.6 Å². The van der Waals surface area contributed by atoms with E-state index in [0.29, 0.717) is 13.1 Å². The zero-order chi connectivity index (χ0) is 12.8. The van der Waals surface area contributed by atoms with E-state index in [1.54, 1.807) is 11.0 Å². The van der Waals surface area contributed by atoms with Crippen LogP contribution in [-0.4, -0.2) is 39.1 Å². The van der Waals surface area contributed by atoms with E-state index < -0.39 is 0 Å². The maximum atomic E-state index is 12.1. The monoisotopic (exact) mass is 236 g/mol. The molecule has 0 radical (unpaired) electrons. The molecule has 1 aromatic rings. The lowest BCUT2D eigenvalue weighted by Gasteiger charge is -2.18. The standard InChI is InChI=1S/C12H20N4O/c1-5-7-16(8-6-2)12(17)11-13-10(9(3)4)14-15-11/h5,9H,1,6-8H2,2-4H3,(H,13,14,15). The van der Waals surface area contributed by atoms with Gasteiger partial charge >= 0.3 is 0 Å². The maximum absolute atomic E-state index is 12.1. The van der Waals surface area contributed by atoms with Crippen molar-refractivity contribution in [2.24, 2.45) is 0 Å². The van der Waals surface area contributed by atoms with Crippen LogP contribution in [0.25, 0.3) is 0 Å². The summed E-state index contributed by atoms with van der Waals surface area (Å²) in [6, 6.07) is 0. The molecule has 0 atom stereocenters. The number of hydrogen-bond donors (Lipinski definition) is 1. The molecule has 0 fully saturated rings. The summed E-state index contributed by atoms with van der Waals surface area (Å²) in [4.78, 5) is 18.0. The fraction of sp³-hybridized carbons (Fsp3) is 0.583. The van der Waals surface area contributed by atoms with Crippen molar-refractivity contribution in [2.45, 2.75) is 33.1 Å². The molecule has 1 N–H and O–H groups in total. The van der Waals surface area contributed by atoms with Gasteiger partial charge in [0.15, 0.2) is 0 Å². The molecule has 1 heterocycles. The first kappa shape index (κ1) is 13.4. The molecule has 5 nitrogen and oxygen atoms in total. The van der Waals surface area contributed by atoms with Crippen LogP contribution >= 0.6 is 0 Å². The number of carbonyl (C=O) groups is 1. The third-order valence-electron chi connectivity index (χ3n) is 2.37. The third-order valence-corrected chi connectivity index (χ3v) is 2.37. The zero-order valence-corrected chi connectivity index (χ0v) is 10.7. The van der Waals surface area contributed by atoms with Crippen LogP contribution in [0.2, 0.25) is 0 Å². The molecule has 5 heteroatoms. The fourth-order valence-electron chi connectivity index (χ4n) is 1.47. The summed E-state index contributed by atoms with van der Waals surface area (Å²) in [7, 11) is 0. The van der Waals surface area contributed by atoms with Gasteiger partial charge in [0.1, 0.15) is 5.82 Å². The third kappa shape index (κ3) is 3.41. The number of rotatable bonds is 6. The summed E-state index contributed by atoms with van der Waals surface area (Å²) in [6.45, 7) is 10.9. The van der Waals surface area contributed by atoms with Crippen LogP contribution in [0, 0.1) is 0 Å². The quantitative estimate of drug-likeness (QED) is 0.768. The molecule has 1 rings (SSSR count). The Balaban J connectivity index is 2.81. The van der Waals surface area contributed by atoms with Gasteiger partial charge in [-0.1, -0.05) is 26.8 Å². The van der Waals surface area contributed by atoms with E-state index in [1.165, 1.54) is 0 Å². The van der Waals surface area contributed by atoms with E-state index in [4.69, 9.17) is 0 Å². The van der Waals surface area contributed by atoms with Crippen LogP contribution in [0.5, 0.6) is 0 Å². The number of H-pyrrole nitrogens is 1. The number of aromatic amines is 1. The van der Waals surface area contributed by atoms with Crippen molar-refractivity contribution in [3.63, 3.8) is 0 Å². The van der Waals surface area contributed by atoms with E-state index in [2.05, 4.69) is 21.8 Å². The highest BCUT2D eigenvalue weighted by Crippen LogP contribution is 2.09. The molecule has 0 unspecified atom stereocenters. The molecule has 0 aliphatic carbocycles. The van der Waals surface area contributed by atoms with Gasteiger partial charge in [-0.3, -0.25) is 9.89 Å². The zero-order valence-electron chi connectivity index (χ0n) is 10.7. The lowest BCUT2D eigenvalue weighted by Crippen LogP contribution is -2.32. The highest BCUT2D eigenvalue weighted by atomic mass is 16.2. The topological polar surface area (TPSA) is 61.9 Å². The smallest absolute Gasteiger partial charge is 0.293 e. The number of nitrogens with zero attached hydrogens (tertiary/aromatic N) is 3. The SMILES string of the molecule is C=CCN(CCC)C(=O)c1n[nH]c(C(C)C)n1. The van der Waals surface area contributed by atoms with Gasteiger partial charge < -0.3 is 4.90 Å². The van der Waals surface area contributed by atoms with Gasteiger partial charge in [0, 0.05) is 19.0 Å². The second kappa shape index (κ2) is 6.18. The predicted molar refractivity (Wildman–Crippen MR) is 66.9 cm³/mol. The predicted octanol–water partition coefficient (Wildman–Crippen LogP) is 1.97. The lowest BCUT2D eigenvalue weighted by molar-refractivity contribution is 0.0762. The first-order valence-corrected chi connectivity index (χ1v) is 5.92. The number of carbonyl (C=O) groups excluding carboxylic acids is 1. The van der Waals surface area contributed by atoms with E-state index in [0.717, 1.165) is 12.2 Å². The van der Waals surface area contributed by atoms with Crippen LogP contribution in [0.4, 0.5) is 0 Å². The second-order valence-electron chi connectivity index (χ2n) is 4.24. The molecular formula is C12H20N4O. The average Bonchev–Trinajstić information content (AvgIpc) is 2.77. The van der Waals surface area contributed by atoms with E-state index >= 15 is 0 Å². The van der Waals surface area contributed by atoms with Crippen molar-refractivity contribution in [2.75, 3.05) is 13.1 Å². The van der Waals surface area contributed by atoms with Crippen molar-refractivity contribution < 1.29 is 4.79 Å². The van der Waals surface area contributed by atoms with Gasteiger partial charge in [-0.2, -0.15) is 0 Å². The molecule has 94 valence electrons. The molecule has 0 saturated carbocycles. The Bertz CT molecular complexity index is 384. The number of amides is 1. The minimum Gasteiger partial charge on any atom is -0.332 e. The number of aromatic nitrogens is 3. The Morgan fingerprint density at radius 3 is 2.76 bits per heavy atom. The van der Waals surface area contributed by atoms with Gasteiger partial charge in [-0.15, -0.1) is 11.7 Å². The van der Waals surface area contributed by atoms with Crippen molar-refractivity contribution in [3.05, 3.63) is 24.3 Å². The van der Waals surface area contributed by atoms with Crippen LogP contribution in [-0.2, 0) is 0 Å². The Kier molecular flexibility index (Phi) is 4.87. The highest BCUT2D eigenvalue weighted by Gasteiger charge is 2.19. The van der Waals surface area contributed by atoms with Crippen LogP contribution < -0.4 is 0 Å². The van der Waals surface area contributed by atoms with Gasteiger partial charge in [-0.25, -0.2) is 4.98 Å². The molecule has 17 heavy (non-hydrogen) atoms. The summed E-state index contributed by atoms with van der Waals surface area (Å²) in [5, 5.41) is 6.75. The van der Waals surface area contributed by atoms with Crippen LogP contribution in [0.15, 0.2) is 12.7 Å². The van der Waals surface area contributed by atoms with Crippen molar-refractivity contribution in [3.8, 4) is 0 Å². The van der Waals surface area contributed by atoms with E-state index in [9.17, 15) is 4.79 Å². The number of hydrogen-bond acceptors (Lipinski definition) is 3. The van der Waals surface area contributed by atoms with Gasteiger partial charge in [-0.05, 0) is 6.42 Å². The lowest BCUT2D eigenvalue weighted by atomic mass is 10.2. The summed E-state index contributed by atoms with van der Waals surface area (Å²) in [5.74, 6) is 1.07. The normalized spacial score (nSPS) is 10.6. The van der Waals surface area contributed by atoms with Crippen molar-refractivity contribution >= 4 is 5.91 Å². The van der Waals surface area contributed by atoms with Crippen molar-refractivity contribution in [1.29, 1.82) is 0 Å². The summed E-state index contributed by atoms with van der Waals surface area (Å²) >= 11 is 0. The first-order chi connectivity index (χ1) is 8.10. The maximum Gasteiger partial charge on any atom is 0.293 e. The molecule has 1 amide bonds.